The Morgan fingerprint density at radius 3 is 2.50 bits per heavy atom. The van der Waals surface area contributed by atoms with Crippen LogP contribution in [0.15, 0.2) is 0 Å². The van der Waals surface area contributed by atoms with E-state index in [2.05, 4.69) is 11.0 Å². The summed E-state index contributed by atoms with van der Waals surface area (Å²) in [5.74, 6) is 0. The smallest absolute Gasteiger partial charge is 0.0172 e. The Labute approximate surface area is 42.6 Å². The lowest BCUT2D eigenvalue weighted by Crippen LogP contribution is -2.02. The number of rotatable bonds is 2. The first-order chi connectivity index (χ1) is 2.93. The van der Waals surface area contributed by atoms with Crippen molar-refractivity contribution in [3.63, 3.8) is 0 Å². The predicted octanol–water partition coefficient (Wildman–Crippen LogP) is 1.02. The highest BCUT2D eigenvalue weighted by molar-refractivity contribution is 7.96. The molecule has 1 aliphatic carbocycles. The molecule has 0 aromatic rings. The second-order valence-corrected chi connectivity index (χ2v) is 2.24. The second-order valence-electron chi connectivity index (χ2n) is 1.60. The summed E-state index contributed by atoms with van der Waals surface area (Å²) in [4.78, 5) is 0. The fraction of sp³-hybridized carbons (Fsp3) is 1.00. The van der Waals surface area contributed by atoms with E-state index in [-0.39, 0.29) is 0 Å². The van der Waals surface area contributed by atoms with Crippen molar-refractivity contribution < 1.29 is 0 Å². The minimum Gasteiger partial charge on any atom is -0.261 e. The van der Waals surface area contributed by atoms with Crippen molar-refractivity contribution >= 4 is 11.9 Å². The third kappa shape index (κ3) is 1.19. The van der Waals surface area contributed by atoms with Gasteiger partial charge in [-0.2, -0.15) is 0 Å². The Hall–Kier alpha value is 0.310. The monoisotopic (exact) mass is 103 g/mol. The zero-order chi connectivity index (χ0) is 4.41. The molecule has 2 heteroatoms. The topological polar surface area (TPSA) is 12.0 Å². The summed E-state index contributed by atoms with van der Waals surface area (Å²) in [6.45, 7) is 0. The van der Waals surface area contributed by atoms with E-state index < -0.39 is 0 Å². The Kier molecular flexibility index (Phi) is 1.37. The standard InChI is InChI=1S/C4H9NS/c1-6-5-4-2-3-4/h4-5H,2-3H2,1H3. The molecule has 0 aromatic heterocycles. The van der Waals surface area contributed by atoms with E-state index >= 15 is 0 Å². The van der Waals surface area contributed by atoms with Gasteiger partial charge in [-0.3, -0.25) is 4.72 Å². The van der Waals surface area contributed by atoms with Gasteiger partial charge in [0.25, 0.3) is 0 Å². The maximum absolute atomic E-state index is 3.24. The van der Waals surface area contributed by atoms with Crippen molar-refractivity contribution in [3.8, 4) is 0 Å². The minimum atomic E-state index is 0.861. The second kappa shape index (κ2) is 1.85. The molecule has 1 saturated carbocycles. The number of hydrogen-bond acceptors (Lipinski definition) is 2. The van der Waals surface area contributed by atoms with Gasteiger partial charge in [0.1, 0.15) is 0 Å². The molecule has 0 bridgehead atoms. The molecule has 0 spiro atoms. The van der Waals surface area contributed by atoms with Gasteiger partial charge >= 0.3 is 0 Å². The van der Waals surface area contributed by atoms with Crippen LogP contribution in [0.4, 0.5) is 0 Å². The maximum atomic E-state index is 3.24. The maximum Gasteiger partial charge on any atom is 0.0172 e. The summed E-state index contributed by atoms with van der Waals surface area (Å²) in [7, 11) is 0. The van der Waals surface area contributed by atoms with Crippen LogP contribution in [0.5, 0.6) is 0 Å². The first-order valence-electron chi connectivity index (χ1n) is 2.22. The molecule has 0 aromatic carbocycles. The van der Waals surface area contributed by atoms with E-state index in [1.165, 1.54) is 12.8 Å². The van der Waals surface area contributed by atoms with E-state index in [0.717, 1.165) is 6.04 Å². The molecule has 36 valence electrons. The summed E-state index contributed by atoms with van der Waals surface area (Å²) in [5, 5.41) is 0. The van der Waals surface area contributed by atoms with Crippen LogP contribution in [0, 0.1) is 0 Å². The van der Waals surface area contributed by atoms with Gasteiger partial charge in [0.2, 0.25) is 0 Å². The van der Waals surface area contributed by atoms with E-state index in [0.29, 0.717) is 0 Å². The van der Waals surface area contributed by atoms with Crippen molar-refractivity contribution in [1.29, 1.82) is 0 Å². The highest BCUT2D eigenvalue weighted by Gasteiger charge is 2.19. The fourth-order valence-electron chi connectivity index (χ4n) is 0.368. The molecular weight excluding hydrogens is 94.1 g/mol. The van der Waals surface area contributed by atoms with E-state index in [1.54, 1.807) is 11.9 Å². The zero-order valence-corrected chi connectivity index (χ0v) is 4.72. The molecule has 1 aliphatic rings. The lowest BCUT2D eigenvalue weighted by molar-refractivity contribution is 0.974. The number of nitrogens with one attached hydrogen (secondary N) is 1. The van der Waals surface area contributed by atoms with Crippen LogP contribution in [0.2, 0.25) is 0 Å². The lowest BCUT2D eigenvalue weighted by Gasteiger charge is -1.88. The number of hydrogen-bond donors (Lipinski definition) is 1. The lowest BCUT2D eigenvalue weighted by atomic mass is 10.8. The van der Waals surface area contributed by atoms with Crippen LogP contribution in [0.3, 0.4) is 0 Å². The molecule has 1 rings (SSSR count). The van der Waals surface area contributed by atoms with Crippen LogP contribution >= 0.6 is 11.9 Å². The van der Waals surface area contributed by atoms with Gasteiger partial charge in [0, 0.05) is 6.04 Å². The summed E-state index contributed by atoms with van der Waals surface area (Å²) in [5.41, 5.74) is 0. The Morgan fingerprint density at radius 1 is 1.67 bits per heavy atom. The normalized spacial score (nSPS) is 21.5. The third-order valence-electron chi connectivity index (χ3n) is 0.862. The van der Waals surface area contributed by atoms with Crippen LogP contribution in [0.25, 0.3) is 0 Å². The molecule has 0 aliphatic heterocycles. The van der Waals surface area contributed by atoms with Gasteiger partial charge in [-0.25, -0.2) is 0 Å². The van der Waals surface area contributed by atoms with Crippen molar-refractivity contribution in [3.05, 3.63) is 0 Å². The molecule has 1 nitrogen and oxygen atoms in total. The van der Waals surface area contributed by atoms with Gasteiger partial charge in [0.15, 0.2) is 0 Å². The molecule has 0 heterocycles. The van der Waals surface area contributed by atoms with Crippen molar-refractivity contribution in [1.82, 2.24) is 4.72 Å². The van der Waals surface area contributed by atoms with Crippen LogP contribution < -0.4 is 4.72 Å². The summed E-state index contributed by atoms with van der Waals surface area (Å²) >= 11 is 1.72. The first-order valence-corrected chi connectivity index (χ1v) is 3.44. The Morgan fingerprint density at radius 2 is 2.33 bits per heavy atom. The molecule has 0 unspecified atom stereocenters. The molecule has 0 amide bonds. The zero-order valence-electron chi connectivity index (χ0n) is 3.90. The molecule has 0 saturated heterocycles. The first kappa shape index (κ1) is 4.47. The average molecular weight is 103 g/mol. The van der Waals surface area contributed by atoms with Crippen LogP contribution in [-0.2, 0) is 0 Å². The highest BCUT2D eigenvalue weighted by atomic mass is 32.2. The summed E-state index contributed by atoms with van der Waals surface area (Å²) in [6.07, 6.45) is 4.85. The van der Waals surface area contributed by atoms with Gasteiger partial charge in [-0.05, 0) is 19.1 Å². The largest absolute Gasteiger partial charge is 0.261 e. The van der Waals surface area contributed by atoms with Crippen LogP contribution in [0.1, 0.15) is 12.8 Å². The molecule has 0 atom stereocenters. The predicted molar refractivity (Wildman–Crippen MR) is 29.7 cm³/mol. The third-order valence-corrected chi connectivity index (χ3v) is 1.43. The molecule has 1 N–H and O–H groups in total. The van der Waals surface area contributed by atoms with E-state index in [4.69, 9.17) is 0 Å². The molecule has 6 heavy (non-hydrogen) atoms. The van der Waals surface area contributed by atoms with Crippen molar-refractivity contribution in [2.24, 2.45) is 0 Å². The average Bonchev–Trinajstić information content (AvgIpc) is 2.21. The molecule has 0 radical (unpaired) electrons. The Balaban J connectivity index is 1.88. The van der Waals surface area contributed by atoms with Gasteiger partial charge in [-0.1, -0.05) is 11.9 Å². The van der Waals surface area contributed by atoms with Crippen LogP contribution in [-0.4, -0.2) is 12.3 Å². The quantitative estimate of drug-likeness (QED) is 0.524. The molecule has 1 fully saturated rings. The molecular formula is C4H9NS. The van der Waals surface area contributed by atoms with Gasteiger partial charge < -0.3 is 0 Å². The minimum absolute atomic E-state index is 0.861. The van der Waals surface area contributed by atoms with Gasteiger partial charge in [0.05, 0.1) is 0 Å². The SMILES string of the molecule is CSNC1CC1. The van der Waals surface area contributed by atoms with Gasteiger partial charge in [-0.15, -0.1) is 0 Å². The summed E-state index contributed by atoms with van der Waals surface area (Å²) in [6, 6.07) is 0.861. The van der Waals surface area contributed by atoms with Crippen molar-refractivity contribution in [2.45, 2.75) is 18.9 Å². The Bertz CT molecular complexity index is 42.8. The fourth-order valence-corrected chi connectivity index (χ4v) is 0.937. The summed E-state index contributed by atoms with van der Waals surface area (Å²) < 4.78 is 3.24. The van der Waals surface area contributed by atoms with E-state index in [1.807, 2.05) is 0 Å². The highest BCUT2D eigenvalue weighted by Crippen LogP contribution is 2.20. The van der Waals surface area contributed by atoms with Crippen molar-refractivity contribution in [2.75, 3.05) is 6.26 Å². The van der Waals surface area contributed by atoms with E-state index in [9.17, 15) is 0 Å².